The van der Waals surface area contributed by atoms with E-state index in [-0.39, 0.29) is 11.5 Å². The van der Waals surface area contributed by atoms with Crippen molar-refractivity contribution in [3.8, 4) is 11.1 Å². The van der Waals surface area contributed by atoms with Gasteiger partial charge in [-0.15, -0.1) is 0 Å². The molecule has 3 nitrogen and oxygen atoms in total. The molecule has 2 aromatic rings. The summed E-state index contributed by atoms with van der Waals surface area (Å²) in [4.78, 5) is 10.1. The Hall–Kier alpha value is -2.16. The van der Waals surface area contributed by atoms with Crippen molar-refractivity contribution in [1.29, 1.82) is 0 Å². The van der Waals surface area contributed by atoms with Crippen LogP contribution in [0.15, 0.2) is 48.5 Å². The molecule has 3 heteroatoms. The highest BCUT2D eigenvalue weighted by molar-refractivity contribution is 5.63. The largest absolute Gasteiger partial charge is 0.265 e. The first-order chi connectivity index (χ1) is 10.0. The fourth-order valence-electron chi connectivity index (χ4n) is 2.39. The molecule has 0 N–H and O–H groups in total. The van der Waals surface area contributed by atoms with Crippen molar-refractivity contribution >= 4 is 0 Å². The molecule has 0 saturated carbocycles. The summed E-state index contributed by atoms with van der Waals surface area (Å²) < 4.78 is 0. The van der Waals surface area contributed by atoms with Gasteiger partial charge in [-0.2, -0.15) is 0 Å². The van der Waals surface area contributed by atoms with E-state index in [1.54, 1.807) is 0 Å². The van der Waals surface area contributed by atoms with E-state index in [1.165, 1.54) is 11.1 Å². The minimum Gasteiger partial charge on any atom is -0.265 e. The number of nitro groups is 1. The van der Waals surface area contributed by atoms with Crippen LogP contribution >= 0.6 is 0 Å². The minimum atomic E-state index is -0.276. The number of benzene rings is 2. The van der Waals surface area contributed by atoms with Crippen molar-refractivity contribution < 1.29 is 4.92 Å². The molecule has 21 heavy (non-hydrogen) atoms. The second-order valence-electron chi connectivity index (χ2n) is 5.80. The van der Waals surface area contributed by atoms with Gasteiger partial charge in [0.1, 0.15) is 0 Å². The molecule has 0 fully saturated rings. The molecule has 0 aliphatic carbocycles. The first-order valence-electron chi connectivity index (χ1n) is 7.34. The van der Waals surface area contributed by atoms with Gasteiger partial charge in [0.15, 0.2) is 0 Å². The predicted octanol–water partition coefficient (Wildman–Crippen LogP) is 4.37. The van der Waals surface area contributed by atoms with E-state index in [4.69, 9.17) is 0 Å². The summed E-state index contributed by atoms with van der Waals surface area (Å²) in [6.07, 6.45) is 1.58. The van der Waals surface area contributed by atoms with E-state index in [1.807, 2.05) is 24.3 Å². The van der Waals surface area contributed by atoms with Gasteiger partial charge in [-0.3, -0.25) is 10.1 Å². The SMILES string of the molecule is CC(C)Cc1ccc(-c2ccc(CC[N+](=O)[O-])cc2)cc1. The van der Waals surface area contributed by atoms with Crippen LogP contribution in [0.2, 0.25) is 0 Å². The van der Waals surface area contributed by atoms with Gasteiger partial charge in [0.2, 0.25) is 6.54 Å². The first-order valence-corrected chi connectivity index (χ1v) is 7.34. The molecule has 0 saturated heterocycles. The van der Waals surface area contributed by atoms with Gasteiger partial charge in [0.25, 0.3) is 0 Å². The molecule has 2 rings (SSSR count). The highest BCUT2D eigenvalue weighted by atomic mass is 16.6. The quantitative estimate of drug-likeness (QED) is 0.583. The first kappa shape index (κ1) is 15.2. The summed E-state index contributed by atoms with van der Waals surface area (Å²) in [7, 11) is 0. The van der Waals surface area contributed by atoms with Gasteiger partial charge >= 0.3 is 0 Å². The molecule has 2 aromatic carbocycles. The Morgan fingerprint density at radius 2 is 1.38 bits per heavy atom. The van der Waals surface area contributed by atoms with Gasteiger partial charge in [-0.25, -0.2) is 0 Å². The molecule has 0 amide bonds. The zero-order valence-corrected chi connectivity index (χ0v) is 12.6. The molecule has 0 aliphatic heterocycles. The van der Waals surface area contributed by atoms with Gasteiger partial charge in [0.05, 0.1) is 0 Å². The average Bonchev–Trinajstić information content (AvgIpc) is 2.46. The highest BCUT2D eigenvalue weighted by Gasteiger charge is 2.03. The van der Waals surface area contributed by atoms with E-state index in [2.05, 4.69) is 38.1 Å². The maximum Gasteiger partial charge on any atom is 0.207 e. The molecule has 0 heterocycles. The van der Waals surface area contributed by atoms with Gasteiger partial charge in [0, 0.05) is 11.3 Å². The number of hydrogen-bond acceptors (Lipinski definition) is 2. The Bertz CT molecular complexity index is 586. The lowest BCUT2D eigenvalue weighted by molar-refractivity contribution is -0.479. The maximum atomic E-state index is 10.4. The summed E-state index contributed by atoms with van der Waals surface area (Å²) in [6.45, 7) is 4.43. The van der Waals surface area contributed by atoms with Crippen LogP contribution in [0.4, 0.5) is 0 Å². The van der Waals surface area contributed by atoms with Crippen LogP contribution in [-0.2, 0) is 12.8 Å². The zero-order chi connectivity index (χ0) is 15.2. The Labute approximate surface area is 125 Å². The molecule has 0 radical (unpaired) electrons. The Balaban J connectivity index is 2.06. The standard InChI is InChI=1S/C18H21NO2/c1-14(2)13-16-5-9-18(10-6-16)17-7-3-15(4-8-17)11-12-19(20)21/h3-10,14H,11-13H2,1-2H3. The van der Waals surface area contributed by atoms with Crippen LogP contribution in [0.1, 0.15) is 25.0 Å². The van der Waals surface area contributed by atoms with Crippen molar-refractivity contribution in [3.05, 3.63) is 69.8 Å². The molecule has 0 aromatic heterocycles. The molecular formula is C18H21NO2. The van der Waals surface area contributed by atoms with Gasteiger partial charge in [-0.1, -0.05) is 62.4 Å². The van der Waals surface area contributed by atoms with Crippen molar-refractivity contribution in [1.82, 2.24) is 0 Å². The highest BCUT2D eigenvalue weighted by Crippen LogP contribution is 2.21. The van der Waals surface area contributed by atoms with Gasteiger partial charge < -0.3 is 0 Å². The molecule has 0 aliphatic rings. The molecule has 110 valence electrons. The summed E-state index contributed by atoms with van der Waals surface area (Å²) in [5, 5.41) is 10.4. The van der Waals surface area contributed by atoms with E-state index in [0.29, 0.717) is 12.3 Å². The van der Waals surface area contributed by atoms with Crippen LogP contribution in [0.3, 0.4) is 0 Å². The van der Waals surface area contributed by atoms with E-state index < -0.39 is 0 Å². The van der Waals surface area contributed by atoms with E-state index in [0.717, 1.165) is 17.5 Å². The molecule has 0 spiro atoms. The Kier molecular flexibility index (Phi) is 5.09. The minimum absolute atomic E-state index is 0.0107. The summed E-state index contributed by atoms with van der Waals surface area (Å²) in [6, 6.07) is 16.7. The molecular weight excluding hydrogens is 262 g/mol. The third-order valence-electron chi connectivity index (χ3n) is 3.47. The van der Waals surface area contributed by atoms with Crippen molar-refractivity contribution in [2.45, 2.75) is 26.7 Å². The second-order valence-corrected chi connectivity index (χ2v) is 5.80. The molecule has 0 bridgehead atoms. The van der Waals surface area contributed by atoms with Crippen molar-refractivity contribution in [3.63, 3.8) is 0 Å². The lowest BCUT2D eigenvalue weighted by atomic mass is 9.98. The summed E-state index contributed by atoms with van der Waals surface area (Å²) in [5.74, 6) is 0.664. The van der Waals surface area contributed by atoms with E-state index >= 15 is 0 Å². The normalized spacial score (nSPS) is 10.8. The van der Waals surface area contributed by atoms with Crippen LogP contribution in [-0.4, -0.2) is 11.5 Å². The fourth-order valence-corrected chi connectivity index (χ4v) is 2.39. The van der Waals surface area contributed by atoms with Crippen LogP contribution < -0.4 is 0 Å². The third kappa shape index (κ3) is 4.71. The topological polar surface area (TPSA) is 43.1 Å². The van der Waals surface area contributed by atoms with Gasteiger partial charge in [-0.05, 0) is 34.6 Å². The smallest absolute Gasteiger partial charge is 0.207 e. The maximum absolute atomic E-state index is 10.4. The number of rotatable bonds is 6. The van der Waals surface area contributed by atoms with E-state index in [9.17, 15) is 10.1 Å². The van der Waals surface area contributed by atoms with Crippen LogP contribution in [0.5, 0.6) is 0 Å². The zero-order valence-electron chi connectivity index (χ0n) is 12.6. The number of hydrogen-bond donors (Lipinski definition) is 0. The molecule has 0 unspecified atom stereocenters. The second kappa shape index (κ2) is 7.02. The Morgan fingerprint density at radius 1 is 0.905 bits per heavy atom. The summed E-state index contributed by atoms with van der Waals surface area (Å²) in [5.41, 5.74) is 4.70. The monoisotopic (exact) mass is 283 g/mol. The summed E-state index contributed by atoms with van der Waals surface area (Å²) >= 11 is 0. The predicted molar refractivity (Wildman–Crippen MR) is 86.0 cm³/mol. The lowest BCUT2D eigenvalue weighted by Crippen LogP contribution is -2.03. The fraction of sp³-hybridized carbons (Fsp3) is 0.333. The van der Waals surface area contributed by atoms with Crippen LogP contribution in [0, 0.1) is 16.0 Å². The number of nitrogens with zero attached hydrogens (tertiary/aromatic N) is 1. The third-order valence-corrected chi connectivity index (χ3v) is 3.47. The average molecular weight is 283 g/mol. The van der Waals surface area contributed by atoms with Crippen LogP contribution in [0.25, 0.3) is 11.1 Å². The Morgan fingerprint density at radius 3 is 1.81 bits per heavy atom. The van der Waals surface area contributed by atoms with Crippen molar-refractivity contribution in [2.24, 2.45) is 5.92 Å². The molecule has 0 atom stereocenters. The van der Waals surface area contributed by atoms with Crippen molar-refractivity contribution in [2.75, 3.05) is 6.54 Å². The lowest BCUT2D eigenvalue weighted by Gasteiger charge is -2.07.